The first-order valence-corrected chi connectivity index (χ1v) is 10.3. The van der Waals surface area contributed by atoms with Crippen LogP contribution in [0.25, 0.3) is 11.8 Å². The van der Waals surface area contributed by atoms with Crippen LogP contribution < -0.4 is 5.32 Å². The molecule has 0 unspecified atom stereocenters. The van der Waals surface area contributed by atoms with E-state index < -0.39 is 0 Å². The highest BCUT2D eigenvalue weighted by Crippen LogP contribution is 2.24. The molecule has 2 aromatic carbocycles. The Morgan fingerprint density at radius 2 is 1.86 bits per heavy atom. The lowest BCUT2D eigenvalue weighted by Crippen LogP contribution is -2.33. The molecule has 6 nitrogen and oxygen atoms in total. The fraction of sp³-hybridized carbons (Fsp3) is 0.136. The van der Waals surface area contributed by atoms with Gasteiger partial charge in [0.25, 0.3) is 0 Å². The third kappa shape index (κ3) is 5.58. The van der Waals surface area contributed by atoms with Gasteiger partial charge < -0.3 is 10.2 Å². The number of hydrogen-bond donors (Lipinski definition) is 1. The van der Waals surface area contributed by atoms with E-state index in [1.54, 1.807) is 35.8 Å². The third-order valence-electron chi connectivity index (χ3n) is 4.18. The molecule has 1 aromatic heterocycles. The van der Waals surface area contributed by atoms with Crippen LogP contribution in [0.1, 0.15) is 5.56 Å². The summed E-state index contributed by atoms with van der Waals surface area (Å²) in [5.74, 6) is -0.501. The van der Waals surface area contributed by atoms with E-state index in [9.17, 15) is 9.59 Å². The summed E-state index contributed by atoms with van der Waals surface area (Å²) in [5, 5.41) is 7.15. The molecule has 148 valence electrons. The van der Waals surface area contributed by atoms with Gasteiger partial charge in [-0.25, -0.2) is 4.68 Å². The van der Waals surface area contributed by atoms with Gasteiger partial charge in [0.2, 0.25) is 11.8 Å². The summed E-state index contributed by atoms with van der Waals surface area (Å²) in [7, 11) is 1.60. The number of rotatable bonds is 7. The third-order valence-corrected chi connectivity index (χ3v) is 4.98. The fourth-order valence-corrected chi connectivity index (χ4v) is 3.22. The second-order valence-corrected chi connectivity index (χ2v) is 7.18. The van der Waals surface area contributed by atoms with Gasteiger partial charge in [0.1, 0.15) is 0 Å². The summed E-state index contributed by atoms with van der Waals surface area (Å²) in [6.45, 7) is -0.0326. The quantitative estimate of drug-likeness (QED) is 0.480. The number of carbonyl (C=O) groups excluding carboxylic acids is 2. The predicted molar refractivity (Wildman–Crippen MR) is 117 cm³/mol. The van der Waals surface area contributed by atoms with Crippen molar-refractivity contribution in [2.45, 2.75) is 4.90 Å². The van der Waals surface area contributed by atoms with E-state index in [2.05, 4.69) is 10.4 Å². The Morgan fingerprint density at radius 1 is 1.14 bits per heavy atom. The summed E-state index contributed by atoms with van der Waals surface area (Å²) < 4.78 is 1.74. The molecular weight excluding hydrogens is 384 g/mol. The molecule has 0 aliphatic carbocycles. The van der Waals surface area contributed by atoms with Crippen LogP contribution in [0, 0.1) is 0 Å². The highest BCUT2D eigenvalue weighted by Gasteiger charge is 2.12. The number of carbonyl (C=O) groups is 2. The van der Waals surface area contributed by atoms with E-state index in [0.717, 1.165) is 21.8 Å². The van der Waals surface area contributed by atoms with Crippen molar-refractivity contribution in [2.24, 2.45) is 0 Å². The molecular formula is C22H22N4O2S. The Bertz CT molecular complexity index is 1010. The molecule has 29 heavy (non-hydrogen) atoms. The minimum Gasteiger partial charge on any atom is -0.333 e. The van der Waals surface area contributed by atoms with Crippen LogP contribution in [0.3, 0.4) is 0 Å². The van der Waals surface area contributed by atoms with Crippen LogP contribution >= 0.6 is 11.8 Å². The van der Waals surface area contributed by atoms with Crippen LogP contribution in [0.4, 0.5) is 5.69 Å². The first-order chi connectivity index (χ1) is 14.1. The van der Waals surface area contributed by atoms with E-state index >= 15 is 0 Å². The molecule has 1 heterocycles. The minimum atomic E-state index is -0.259. The largest absolute Gasteiger partial charge is 0.333 e. The number of thioether (sulfide) groups is 1. The highest BCUT2D eigenvalue weighted by molar-refractivity contribution is 7.98. The van der Waals surface area contributed by atoms with Gasteiger partial charge in [-0.1, -0.05) is 30.3 Å². The lowest BCUT2D eigenvalue weighted by atomic mass is 10.3. The number of amides is 2. The van der Waals surface area contributed by atoms with Crippen molar-refractivity contribution in [1.29, 1.82) is 0 Å². The normalized spacial score (nSPS) is 10.8. The van der Waals surface area contributed by atoms with Gasteiger partial charge >= 0.3 is 0 Å². The smallest absolute Gasteiger partial charge is 0.246 e. The fourth-order valence-electron chi connectivity index (χ4n) is 2.67. The molecule has 2 amide bonds. The van der Waals surface area contributed by atoms with Crippen LogP contribution in [0.2, 0.25) is 0 Å². The standard InChI is InChI=1S/C22H22N4O2S/c1-25(16-21(27)24-19-10-6-7-11-20(19)29-2)22(28)13-12-17-14-23-26(15-17)18-8-4-3-5-9-18/h3-15H,16H2,1-2H3,(H,24,27)/b13-12+. The van der Waals surface area contributed by atoms with Gasteiger partial charge in [-0.3, -0.25) is 9.59 Å². The monoisotopic (exact) mass is 406 g/mol. The summed E-state index contributed by atoms with van der Waals surface area (Å²) >= 11 is 1.55. The minimum absolute atomic E-state index is 0.0326. The number of para-hydroxylation sites is 2. The second-order valence-electron chi connectivity index (χ2n) is 6.33. The lowest BCUT2D eigenvalue weighted by molar-refractivity contribution is -0.129. The molecule has 0 spiro atoms. The van der Waals surface area contributed by atoms with Crippen LogP contribution in [0.5, 0.6) is 0 Å². The number of aromatic nitrogens is 2. The number of nitrogens with zero attached hydrogens (tertiary/aromatic N) is 3. The molecule has 0 fully saturated rings. The van der Waals surface area contributed by atoms with Crippen molar-refractivity contribution in [3.63, 3.8) is 0 Å². The zero-order chi connectivity index (χ0) is 20.6. The molecule has 7 heteroatoms. The number of anilines is 1. The van der Waals surface area contributed by atoms with Crippen molar-refractivity contribution < 1.29 is 9.59 Å². The van der Waals surface area contributed by atoms with Crippen molar-refractivity contribution in [3.05, 3.63) is 78.6 Å². The van der Waals surface area contributed by atoms with Crippen molar-refractivity contribution in [1.82, 2.24) is 14.7 Å². The van der Waals surface area contributed by atoms with Crippen LogP contribution in [0.15, 0.2) is 78.0 Å². The summed E-state index contributed by atoms with van der Waals surface area (Å²) in [6, 6.07) is 17.3. The zero-order valence-corrected chi connectivity index (χ0v) is 17.1. The molecule has 0 radical (unpaired) electrons. The average molecular weight is 407 g/mol. The highest BCUT2D eigenvalue weighted by atomic mass is 32.2. The molecule has 0 bridgehead atoms. The van der Waals surface area contributed by atoms with E-state index in [1.807, 2.05) is 67.0 Å². The molecule has 0 saturated heterocycles. The van der Waals surface area contributed by atoms with E-state index in [4.69, 9.17) is 0 Å². The van der Waals surface area contributed by atoms with E-state index in [1.165, 1.54) is 11.0 Å². The predicted octanol–water partition coefficient (Wildman–Crippen LogP) is 3.70. The van der Waals surface area contributed by atoms with Gasteiger partial charge in [0, 0.05) is 29.8 Å². The van der Waals surface area contributed by atoms with Crippen molar-refractivity contribution in [2.75, 3.05) is 25.2 Å². The summed E-state index contributed by atoms with van der Waals surface area (Å²) in [6.07, 6.45) is 8.60. The Kier molecular flexibility index (Phi) is 6.86. The Labute approximate surface area is 174 Å². The maximum absolute atomic E-state index is 12.3. The summed E-state index contributed by atoms with van der Waals surface area (Å²) in [5.41, 5.74) is 2.49. The number of hydrogen-bond acceptors (Lipinski definition) is 4. The second kappa shape index (κ2) is 9.75. The molecule has 3 aromatic rings. The van der Waals surface area contributed by atoms with E-state index in [0.29, 0.717) is 0 Å². The SMILES string of the molecule is CSc1ccccc1NC(=O)CN(C)C(=O)/C=C/c1cnn(-c2ccccc2)c1. The maximum Gasteiger partial charge on any atom is 0.246 e. The zero-order valence-electron chi connectivity index (χ0n) is 16.3. The number of nitrogens with one attached hydrogen (secondary N) is 1. The lowest BCUT2D eigenvalue weighted by Gasteiger charge is -2.15. The Balaban J connectivity index is 1.56. The number of benzene rings is 2. The van der Waals surface area contributed by atoms with E-state index in [-0.39, 0.29) is 18.4 Å². The molecule has 3 rings (SSSR count). The molecule has 0 aliphatic rings. The van der Waals surface area contributed by atoms with Gasteiger partial charge in [-0.05, 0) is 36.6 Å². The van der Waals surface area contributed by atoms with Crippen LogP contribution in [-0.4, -0.2) is 46.3 Å². The molecule has 1 N–H and O–H groups in total. The first-order valence-electron chi connectivity index (χ1n) is 9.03. The molecule has 0 saturated carbocycles. The molecule has 0 aliphatic heterocycles. The first kappa shape index (κ1) is 20.4. The summed E-state index contributed by atoms with van der Waals surface area (Å²) in [4.78, 5) is 27.0. The van der Waals surface area contributed by atoms with Gasteiger partial charge in [0.05, 0.1) is 24.1 Å². The number of likely N-dealkylation sites (N-methyl/N-ethyl adjacent to an activating group) is 1. The topological polar surface area (TPSA) is 67.2 Å². The van der Waals surface area contributed by atoms with Crippen LogP contribution in [-0.2, 0) is 9.59 Å². The molecule has 0 atom stereocenters. The Morgan fingerprint density at radius 3 is 2.62 bits per heavy atom. The average Bonchev–Trinajstić information content (AvgIpc) is 3.22. The van der Waals surface area contributed by atoms with Gasteiger partial charge in [-0.15, -0.1) is 11.8 Å². The van der Waals surface area contributed by atoms with Crippen molar-refractivity contribution >= 4 is 35.3 Å². The van der Waals surface area contributed by atoms with Crippen molar-refractivity contribution in [3.8, 4) is 5.69 Å². The van der Waals surface area contributed by atoms with Gasteiger partial charge in [0.15, 0.2) is 0 Å². The Hall–Kier alpha value is -3.32. The maximum atomic E-state index is 12.3. The van der Waals surface area contributed by atoms with Gasteiger partial charge in [-0.2, -0.15) is 5.10 Å².